The van der Waals surface area contributed by atoms with Crippen molar-refractivity contribution in [1.29, 1.82) is 0 Å². The monoisotopic (exact) mass is 399 g/mol. The smallest absolute Gasteiger partial charge is 0.477 e. The summed E-state index contributed by atoms with van der Waals surface area (Å²) >= 11 is 0. The summed E-state index contributed by atoms with van der Waals surface area (Å²) in [7, 11) is 1.09. The quantitative estimate of drug-likeness (QED) is 0.196. The molecular formula is C14H17N5O9. The van der Waals surface area contributed by atoms with E-state index in [1.807, 2.05) is 0 Å². The van der Waals surface area contributed by atoms with Crippen LogP contribution in [-0.2, 0) is 33.3 Å². The Kier molecular flexibility index (Phi) is 6.50. The second-order valence-corrected chi connectivity index (χ2v) is 5.65. The van der Waals surface area contributed by atoms with E-state index in [4.69, 9.17) is 25.5 Å². The highest BCUT2D eigenvalue weighted by atomic mass is 16.8. The van der Waals surface area contributed by atoms with Crippen molar-refractivity contribution in [2.45, 2.75) is 37.3 Å². The van der Waals surface area contributed by atoms with Crippen molar-refractivity contribution < 1.29 is 42.9 Å². The van der Waals surface area contributed by atoms with Crippen LogP contribution < -0.4 is 11.1 Å². The lowest BCUT2D eigenvalue weighted by Crippen LogP contribution is -2.60. The molecule has 0 aromatic heterocycles. The van der Waals surface area contributed by atoms with Crippen LogP contribution in [0, 0.1) is 0 Å². The minimum atomic E-state index is -1.41. The maximum absolute atomic E-state index is 11.9. The van der Waals surface area contributed by atoms with E-state index in [0.29, 0.717) is 0 Å². The van der Waals surface area contributed by atoms with Crippen LogP contribution >= 0.6 is 0 Å². The first-order chi connectivity index (χ1) is 13.3. The molecule has 14 heteroatoms. The zero-order valence-corrected chi connectivity index (χ0v) is 14.8. The van der Waals surface area contributed by atoms with Gasteiger partial charge < -0.3 is 34.7 Å². The van der Waals surface area contributed by atoms with Gasteiger partial charge in [0.25, 0.3) is 0 Å². The van der Waals surface area contributed by atoms with Gasteiger partial charge in [-0.1, -0.05) is 5.11 Å². The zero-order chi connectivity index (χ0) is 20.8. The Bertz CT molecular complexity index is 747. The first-order valence-electron chi connectivity index (χ1n) is 7.84. The Morgan fingerprint density at radius 1 is 1.43 bits per heavy atom. The number of azide groups is 1. The van der Waals surface area contributed by atoms with Crippen molar-refractivity contribution in [3.63, 3.8) is 0 Å². The maximum Gasteiger partial charge on any atom is 0.508 e. The SMILES string of the molecule is COC(=O)C1=CC(N=[N+]=[N-])[C@@H](NC(C)=O)C([C@@H](OC(N)=O)[C@@H]2COC(=O)O2)O1. The van der Waals surface area contributed by atoms with E-state index < -0.39 is 54.5 Å². The van der Waals surface area contributed by atoms with Crippen LogP contribution in [0.25, 0.3) is 10.4 Å². The second kappa shape index (κ2) is 8.81. The van der Waals surface area contributed by atoms with Gasteiger partial charge in [-0.25, -0.2) is 14.4 Å². The number of carbonyl (C=O) groups excluding carboxylic acids is 4. The fourth-order valence-electron chi connectivity index (χ4n) is 2.76. The fourth-order valence-corrected chi connectivity index (χ4v) is 2.76. The topological polar surface area (TPSA) is 201 Å². The number of nitrogens with zero attached hydrogens (tertiary/aromatic N) is 3. The lowest BCUT2D eigenvalue weighted by Gasteiger charge is -2.39. The molecule has 2 unspecified atom stereocenters. The number of ether oxygens (including phenoxy) is 5. The summed E-state index contributed by atoms with van der Waals surface area (Å²) in [6, 6.07) is -2.23. The van der Waals surface area contributed by atoms with Crippen molar-refractivity contribution in [2.24, 2.45) is 10.8 Å². The van der Waals surface area contributed by atoms with Crippen molar-refractivity contribution >= 4 is 24.1 Å². The number of primary amides is 1. The van der Waals surface area contributed by atoms with Crippen LogP contribution in [-0.4, -0.2) is 68.2 Å². The molecule has 2 rings (SSSR count). The highest BCUT2D eigenvalue weighted by Crippen LogP contribution is 2.29. The Hall–Kier alpha value is -3.67. The Morgan fingerprint density at radius 3 is 2.64 bits per heavy atom. The highest BCUT2D eigenvalue weighted by molar-refractivity contribution is 5.86. The van der Waals surface area contributed by atoms with Crippen LogP contribution in [0.2, 0.25) is 0 Å². The Morgan fingerprint density at radius 2 is 2.14 bits per heavy atom. The molecule has 0 radical (unpaired) electrons. The molecule has 14 nitrogen and oxygen atoms in total. The van der Waals surface area contributed by atoms with E-state index in [2.05, 4.69) is 24.8 Å². The Balaban J connectivity index is 2.48. The number of esters is 1. The maximum atomic E-state index is 11.9. The molecule has 0 aliphatic carbocycles. The molecule has 2 amide bonds. The summed E-state index contributed by atoms with van der Waals surface area (Å²) in [5, 5.41) is 6.02. The van der Waals surface area contributed by atoms with Gasteiger partial charge in [-0.3, -0.25) is 4.79 Å². The number of nitrogens with one attached hydrogen (secondary N) is 1. The molecule has 0 saturated carbocycles. The number of cyclic esters (lactones) is 2. The number of rotatable bonds is 6. The first kappa shape index (κ1) is 20.6. The van der Waals surface area contributed by atoms with Crippen LogP contribution in [0.4, 0.5) is 9.59 Å². The van der Waals surface area contributed by atoms with Crippen LogP contribution in [0.3, 0.4) is 0 Å². The third kappa shape index (κ3) is 4.73. The van der Waals surface area contributed by atoms with Gasteiger partial charge in [0.15, 0.2) is 18.3 Å². The largest absolute Gasteiger partial charge is 0.508 e. The van der Waals surface area contributed by atoms with Gasteiger partial charge in [-0.2, -0.15) is 0 Å². The van der Waals surface area contributed by atoms with E-state index >= 15 is 0 Å². The molecule has 5 atom stereocenters. The summed E-state index contributed by atoms with van der Waals surface area (Å²) in [5.41, 5.74) is 13.9. The Labute approximate surface area is 157 Å². The van der Waals surface area contributed by atoms with Crippen molar-refractivity contribution in [3.05, 3.63) is 22.3 Å². The third-order valence-corrected chi connectivity index (χ3v) is 3.80. The molecule has 0 spiro atoms. The summed E-state index contributed by atoms with van der Waals surface area (Å²) in [6.07, 6.45) is -5.04. The average molecular weight is 399 g/mol. The van der Waals surface area contributed by atoms with Gasteiger partial charge in [0.2, 0.25) is 11.7 Å². The van der Waals surface area contributed by atoms with E-state index in [-0.39, 0.29) is 12.4 Å². The second-order valence-electron chi connectivity index (χ2n) is 5.65. The molecule has 0 aromatic carbocycles. The van der Waals surface area contributed by atoms with Gasteiger partial charge in [0, 0.05) is 11.8 Å². The lowest BCUT2D eigenvalue weighted by atomic mass is 9.92. The summed E-state index contributed by atoms with van der Waals surface area (Å²) in [6.45, 7) is 0.874. The van der Waals surface area contributed by atoms with Gasteiger partial charge in [-0.15, -0.1) is 0 Å². The summed E-state index contributed by atoms with van der Waals surface area (Å²) in [4.78, 5) is 48.9. The number of methoxy groups -OCH3 is 1. The number of hydrogen-bond acceptors (Lipinski definition) is 10. The molecule has 1 saturated heterocycles. The van der Waals surface area contributed by atoms with Crippen LogP contribution in [0.5, 0.6) is 0 Å². The van der Waals surface area contributed by atoms with Gasteiger partial charge in [0.05, 0.1) is 19.2 Å². The highest BCUT2D eigenvalue weighted by Gasteiger charge is 2.49. The molecule has 152 valence electrons. The fraction of sp³-hybridized carbons (Fsp3) is 0.571. The standard InChI is InChI=1S/C14H17N5O9/c1-5(20)17-9-6(18-19-16)3-7(12(21)24-2)26-11(9)10(28-13(15)22)8-4-25-14(23)27-8/h3,6,8-11H,4H2,1-2H3,(H2,15,22)(H,17,20)/t6?,8-,9+,10-,11?/m0/s1. The molecule has 2 heterocycles. The predicted molar refractivity (Wildman–Crippen MR) is 86.2 cm³/mol. The van der Waals surface area contributed by atoms with Gasteiger partial charge in [-0.05, 0) is 11.6 Å². The average Bonchev–Trinajstić information content (AvgIpc) is 3.06. The van der Waals surface area contributed by atoms with E-state index in [1.54, 1.807) is 0 Å². The van der Waals surface area contributed by atoms with Gasteiger partial charge in [0.1, 0.15) is 6.61 Å². The summed E-state index contributed by atoms with van der Waals surface area (Å²) in [5.74, 6) is -1.82. The molecule has 2 aliphatic rings. The third-order valence-electron chi connectivity index (χ3n) is 3.80. The molecule has 2 aliphatic heterocycles. The molecule has 28 heavy (non-hydrogen) atoms. The van der Waals surface area contributed by atoms with Crippen molar-refractivity contribution in [2.75, 3.05) is 13.7 Å². The summed E-state index contributed by atoms with van der Waals surface area (Å²) < 4.78 is 24.8. The lowest BCUT2D eigenvalue weighted by molar-refractivity contribution is -0.147. The van der Waals surface area contributed by atoms with E-state index in [9.17, 15) is 19.2 Å². The molecule has 0 aromatic rings. The van der Waals surface area contributed by atoms with E-state index in [1.165, 1.54) is 6.92 Å². The number of hydrogen-bond donors (Lipinski definition) is 2. The molecular weight excluding hydrogens is 382 g/mol. The minimum Gasteiger partial charge on any atom is -0.477 e. The molecule has 3 N–H and O–H groups in total. The predicted octanol–water partition coefficient (Wildman–Crippen LogP) is -0.375. The molecule has 0 bridgehead atoms. The number of amides is 2. The number of carbonyl (C=O) groups is 4. The van der Waals surface area contributed by atoms with Crippen molar-refractivity contribution in [3.8, 4) is 0 Å². The van der Waals surface area contributed by atoms with Crippen LogP contribution in [0.15, 0.2) is 16.9 Å². The normalized spacial score (nSPS) is 26.9. The van der Waals surface area contributed by atoms with Crippen LogP contribution in [0.1, 0.15) is 6.92 Å². The molecule has 1 fully saturated rings. The zero-order valence-electron chi connectivity index (χ0n) is 14.8. The van der Waals surface area contributed by atoms with Crippen molar-refractivity contribution in [1.82, 2.24) is 5.32 Å². The minimum absolute atomic E-state index is 0.313. The van der Waals surface area contributed by atoms with Gasteiger partial charge >= 0.3 is 18.2 Å². The first-order valence-corrected chi connectivity index (χ1v) is 7.84. The number of nitrogens with two attached hydrogens (primary N) is 1. The van der Waals surface area contributed by atoms with E-state index in [0.717, 1.165) is 13.2 Å².